The fourth-order valence-corrected chi connectivity index (χ4v) is 3.45. The van der Waals surface area contributed by atoms with Gasteiger partial charge >= 0.3 is 0 Å². The zero-order chi connectivity index (χ0) is 12.7. The van der Waals surface area contributed by atoms with Crippen LogP contribution < -0.4 is 0 Å². The van der Waals surface area contributed by atoms with Gasteiger partial charge in [-0.25, -0.2) is 0 Å². The van der Waals surface area contributed by atoms with Gasteiger partial charge in [-0.1, -0.05) is 49.8 Å². The Bertz CT molecular complexity index is 263. The monoisotopic (exact) mass is 321 g/mol. The minimum Gasteiger partial charge on any atom is -0.318 e. The second-order valence-electron chi connectivity index (χ2n) is 4.73. The smallest absolute Gasteiger partial charge is 0.0108 e. The fourth-order valence-electron chi connectivity index (χ4n) is 3.45. The van der Waals surface area contributed by atoms with Crippen molar-refractivity contribution in [2.75, 3.05) is 12.8 Å². The summed E-state index contributed by atoms with van der Waals surface area (Å²) in [7, 11) is 0. The Morgan fingerprint density at radius 1 is 0.944 bits per heavy atom. The van der Waals surface area contributed by atoms with Crippen molar-refractivity contribution < 1.29 is 21.7 Å². The van der Waals surface area contributed by atoms with Gasteiger partial charge in [0.1, 0.15) is 0 Å². The van der Waals surface area contributed by atoms with Gasteiger partial charge in [0.15, 0.2) is 0 Å². The van der Waals surface area contributed by atoms with Crippen LogP contribution in [-0.4, -0.2) is 12.8 Å². The summed E-state index contributed by atoms with van der Waals surface area (Å²) in [4.78, 5) is 0. The average Bonchev–Trinajstić information content (AvgIpc) is 2.82. The molecule has 18 heavy (non-hydrogen) atoms. The average molecular weight is 322 g/mol. The van der Waals surface area contributed by atoms with E-state index in [0.717, 1.165) is 23.7 Å². The Morgan fingerprint density at radius 2 is 1.56 bits per heavy atom. The molecule has 4 unspecified atom stereocenters. The van der Waals surface area contributed by atoms with Crippen LogP contribution in [-0.2, 0) is 21.7 Å². The van der Waals surface area contributed by atoms with Crippen molar-refractivity contribution in [3.8, 4) is 0 Å². The first-order valence-corrected chi connectivity index (χ1v) is 7.92. The Balaban J connectivity index is 0.000000531. The summed E-state index contributed by atoms with van der Waals surface area (Å²) < 4.78 is 0. The molecule has 0 N–H and O–H groups in total. The van der Waals surface area contributed by atoms with Crippen LogP contribution in [0.2, 0.25) is 0 Å². The minimum atomic E-state index is 0. The molecule has 0 aromatic rings. The van der Waals surface area contributed by atoms with Gasteiger partial charge < -0.3 is 6.42 Å². The maximum atomic E-state index is 4.64. The van der Waals surface area contributed by atoms with Gasteiger partial charge in [0.2, 0.25) is 0 Å². The zero-order valence-electron chi connectivity index (χ0n) is 11.3. The predicted octanol–water partition coefficient (Wildman–Crippen LogP) is 5.08. The summed E-state index contributed by atoms with van der Waals surface area (Å²) >= 11 is 9.28. The van der Waals surface area contributed by atoms with E-state index in [2.05, 4.69) is 53.9 Å². The van der Waals surface area contributed by atoms with Gasteiger partial charge in [0.05, 0.1) is 0 Å². The van der Waals surface area contributed by atoms with Crippen molar-refractivity contribution in [1.82, 2.24) is 0 Å². The molecule has 3 aliphatic carbocycles. The number of fused-ring (bicyclic) bond motifs is 3. The molecule has 0 heterocycles. The van der Waals surface area contributed by atoms with E-state index in [9.17, 15) is 0 Å². The van der Waals surface area contributed by atoms with E-state index >= 15 is 0 Å². The molecule has 0 spiro atoms. The first-order valence-electron chi connectivity index (χ1n) is 6.41. The van der Waals surface area contributed by atoms with E-state index in [1.807, 2.05) is 0 Å². The molecule has 0 saturated heterocycles. The summed E-state index contributed by atoms with van der Waals surface area (Å²) in [6, 6.07) is 0. The molecule has 0 nitrogen and oxygen atoms in total. The second-order valence-corrected chi connectivity index (χ2v) is 4.73. The molecule has 3 rings (SSSR count). The van der Waals surface area contributed by atoms with Gasteiger partial charge in [0.25, 0.3) is 0 Å². The van der Waals surface area contributed by atoms with Crippen LogP contribution in [0, 0.1) is 30.1 Å². The fraction of sp³-hybridized carbons (Fsp3) is 0.667. The van der Waals surface area contributed by atoms with Gasteiger partial charge in [-0.15, -0.1) is 35.2 Å². The number of halogens is 2. The molecule has 0 aromatic heterocycles. The molecule has 0 aromatic carbocycles. The maximum Gasteiger partial charge on any atom is 0.0108 e. The number of rotatable bonds is 0. The number of allylic oxidation sites excluding steroid dienone is 4. The topological polar surface area (TPSA) is 0 Å². The summed E-state index contributed by atoms with van der Waals surface area (Å²) in [5.41, 5.74) is 0. The molecular weight excluding hydrogens is 299 g/mol. The number of hydrogen-bond donors (Lipinski definition) is 0. The number of hydrogen-bond acceptors (Lipinski definition) is 0. The summed E-state index contributed by atoms with van der Waals surface area (Å²) in [6.45, 7) is 0. The molecule has 0 amide bonds. The van der Waals surface area contributed by atoms with Crippen LogP contribution in [0.3, 0.4) is 0 Å². The van der Waals surface area contributed by atoms with Crippen molar-refractivity contribution in [3.05, 3.63) is 30.7 Å². The molecule has 0 aliphatic heterocycles. The first-order chi connectivity index (χ1) is 8.45. The van der Waals surface area contributed by atoms with E-state index in [1.54, 1.807) is 0 Å². The molecule has 3 aliphatic rings. The van der Waals surface area contributed by atoms with Crippen molar-refractivity contribution in [1.29, 1.82) is 0 Å². The van der Waals surface area contributed by atoms with E-state index in [1.165, 1.54) is 38.4 Å². The van der Waals surface area contributed by atoms with Crippen molar-refractivity contribution in [3.63, 3.8) is 0 Å². The van der Waals surface area contributed by atoms with E-state index in [0.29, 0.717) is 0 Å². The van der Waals surface area contributed by atoms with Crippen LogP contribution in [0.1, 0.15) is 25.7 Å². The van der Waals surface area contributed by atoms with Gasteiger partial charge in [0, 0.05) is 34.5 Å². The third-order valence-corrected chi connectivity index (χ3v) is 4.06. The molecule has 102 valence electrons. The third kappa shape index (κ3) is 4.41. The first kappa shape index (κ1) is 18.8. The van der Waals surface area contributed by atoms with E-state index in [4.69, 9.17) is 0 Å². The Kier molecular flexibility index (Phi) is 11.0. The quantitative estimate of drug-likeness (QED) is 0.332. The normalized spacial score (nSPS) is 34.9. The van der Waals surface area contributed by atoms with Crippen LogP contribution in [0.25, 0.3) is 0 Å². The molecule has 2 saturated carbocycles. The summed E-state index contributed by atoms with van der Waals surface area (Å²) in [5.74, 6) is 3.56. The Morgan fingerprint density at radius 3 is 2.28 bits per heavy atom. The SMILES string of the molecule is C1=CC2[CH-]C3CCCCC3C2C=C1.CCl.CCl.[Ti]. The Labute approximate surface area is 137 Å². The van der Waals surface area contributed by atoms with Gasteiger partial charge in [-0.05, 0) is 5.92 Å². The summed E-state index contributed by atoms with van der Waals surface area (Å²) in [5, 5.41) is 0. The standard InChI is InChI=1S/C13H17.2CH3Cl.Ti/c1-3-7-12-10(5-1)9-11-6-2-4-8-13(11)12;2*1-2;/h1,3,5,7,9-13H,2,4,6,8H2;2*1H3;/q-1;;;. The molecule has 0 bridgehead atoms. The van der Waals surface area contributed by atoms with Crippen molar-refractivity contribution >= 4 is 23.2 Å². The molecule has 4 atom stereocenters. The molecule has 0 radical (unpaired) electrons. The van der Waals surface area contributed by atoms with E-state index < -0.39 is 0 Å². The van der Waals surface area contributed by atoms with Crippen LogP contribution in [0.15, 0.2) is 24.3 Å². The van der Waals surface area contributed by atoms with Crippen molar-refractivity contribution in [2.24, 2.45) is 23.7 Å². The van der Waals surface area contributed by atoms with Gasteiger partial charge in [-0.3, -0.25) is 0 Å². The second kappa shape index (κ2) is 10.5. The van der Waals surface area contributed by atoms with E-state index in [-0.39, 0.29) is 21.7 Å². The van der Waals surface area contributed by atoms with Gasteiger partial charge in [-0.2, -0.15) is 5.92 Å². The Hall–Kier alpha value is 0.774. The maximum absolute atomic E-state index is 4.64. The summed E-state index contributed by atoms with van der Waals surface area (Å²) in [6.07, 6.45) is 20.7. The molecule has 3 heteroatoms. The van der Waals surface area contributed by atoms with Crippen LogP contribution in [0.4, 0.5) is 0 Å². The van der Waals surface area contributed by atoms with Crippen LogP contribution >= 0.6 is 23.2 Å². The largest absolute Gasteiger partial charge is 0.318 e. The minimum absolute atomic E-state index is 0. The molecular formula is C15H23Cl2Ti-. The number of alkyl halides is 2. The van der Waals surface area contributed by atoms with Crippen LogP contribution in [0.5, 0.6) is 0 Å². The third-order valence-electron chi connectivity index (χ3n) is 4.06. The molecule has 2 fully saturated rings. The predicted molar refractivity (Wildman–Crippen MR) is 78.6 cm³/mol. The zero-order valence-corrected chi connectivity index (χ0v) is 14.4. The van der Waals surface area contributed by atoms with Crippen molar-refractivity contribution in [2.45, 2.75) is 25.7 Å².